The van der Waals surface area contributed by atoms with Crippen LogP contribution in [0.4, 0.5) is 13.2 Å². The molecule has 0 saturated heterocycles. The SMILES string of the molecule is O=C(O)c1ccccc1C(F)(F)F.[H-].[Na+]. The molecule has 72 valence electrons. The van der Waals surface area contributed by atoms with Crippen molar-refractivity contribution < 1.29 is 54.1 Å². The van der Waals surface area contributed by atoms with E-state index in [2.05, 4.69) is 0 Å². The van der Waals surface area contributed by atoms with E-state index in [0.717, 1.165) is 18.2 Å². The Morgan fingerprint density at radius 2 is 1.79 bits per heavy atom. The average Bonchev–Trinajstić information content (AvgIpc) is 2.03. The third-order valence-corrected chi connectivity index (χ3v) is 1.46. The van der Waals surface area contributed by atoms with Gasteiger partial charge in [-0.3, -0.25) is 0 Å². The maximum atomic E-state index is 12.1. The molecule has 0 aliphatic carbocycles. The quantitative estimate of drug-likeness (QED) is 0.641. The number of hydrogen-bond acceptors (Lipinski definition) is 1. The minimum absolute atomic E-state index is 0. The third kappa shape index (κ3) is 3.01. The van der Waals surface area contributed by atoms with Gasteiger partial charge in [0, 0.05) is 0 Å². The standard InChI is InChI=1S/C8H5F3O2.Na.H/c9-8(10,11)6-4-2-1-3-5(6)7(12)13;;/h1-4H,(H,12,13);;/q;+1;-1. The van der Waals surface area contributed by atoms with E-state index in [1.165, 1.54) is 6.07 Å². The summed E-state index contributed by atoms with van der Waals surface area (Å²) >= 11 is 0. The molecule has 0 bridgehead atoms. The molecule has 14 heavy (non-hydrogen) atoms. The number of halogens is 3. The van der Waals surface area contributed by atoms with Gasteiger partial charge < -0.3 is 6.53 Å². The molecule has 0 radical (unpaired) electrons. The third-order valence-electron chi connectivity index (χ3n) is 1.46. The van der Waals surface area contributed by atoms with Crippen molar-refractivity contribution in [1.82, 2.24) is 0 Å². The number of rotatable bonds is 1. The predicted octanol–water partition coefficient (Wildman–Crippen LogP) is -0.480. The summed E-state index contributed by atoms with van der Waals surface area (Å²) in [5.74, 6) is -1.58. The zero-order valence-electron chi connectivity index (χ0n) is 8.30. The Kier molecular flexibility index (Phi) is 4.64. The van der Waals surface area contributed by atoms with Gasteiger partial charge in [-0.05, 0) is 12.1 Å². The van der Waals surface area contributed by atoms with Crippen LogP contribution in [0.3, 0.4) is 0 Å². The zero-order valence-corrected chi connectivity index (χ0v) is 9.30. The fourth-order valence-electron chi connectivity index (χ4n) is 0.917. The number of aromatic carboxylic acids is 1. The van der Waals surface area contributed by atoms with Crippen molar-refractivity contribution in [2.45, 2.75) is 6.18 Å². The fourth-order valence-corrected chi connectivity index (χ4v) is 0.917. The first kappa shape index (κ1) is 13.5. The van der Waals surface area contributed by atoms with E-state index in [1.807, 2.05) is 0 Å². The topological polar surface area (TPSA) is 37.3 Å². The molecule has 2 nitrogen and oxygen atoms in total. The van der Waals surface area contributed by atoms with E-state index in [9.17, 15) is 18.0 Å². The number of carboxylic acid groups (broad SMARTS) is 1. The van der Waals surface area contributed by atoms with E-state index < -0.39 is 23.3 Å². The van der Waals surface area contributed by atoms with Crippen LogP contribution in [0, 0.1) is 0 Å². The second-order valence-corrected chi connectivity index (χ2v) is 2.35. The van der Waals surface area contributed by atoms with Crippen molar-refractivity contribution in [3.05, 3.63) is 35.4 Å². The second kappa shape index (κ2) is 4.82. The Morgan fingerprint density at radius 3 is 2.14 bits per heavy atom. The monoisotopic (exact) mass is 214 g/mol. The Bertz CT molecular complexity index is 341. The van der Waals surface area contributed by atoms with Crippen molar-refractivity contribution in [3.8, 4) is 0 Å². The van der Waals surface area contributed by atoms with Crippen LogP contribution >= 0.6 is 0 Å². The fraction of sp³-hybridized carbons (Fsp3) is 0.125. The van der Waals surface area contributed by atoms with Crippen molar-refractivity contribution in [3.63, 3.8) is 0 Å². The Morgan fingerprint density at radius 1 is 1.29 bits per heavy atom. The molecule has 1 aromatic rings. The van der Waals surface area contributed by atoms with Crippen molar-refractivity contribution in [1.29, 1.82) is 0 Å². The molecular formula is C8H6F3NaO2. The molecule has 0 atom stereocenters. The molecule has 6 heteroatoms. The molecule has 1 rings (SSSR count). The Labute approximate surface area is 102 Å². The number of carboxylic acids is 1. The molecule has 0 unspecified atom stereocenters. The first-order chi connectivity index (χ1) is 5.93. The van der Waals surface area contributed by atoms with Crippen LogP contribution in [0.1, 0.15) is 17.3 Å². The van der Waals surface area contributed by atoms with Gasteiger partial charge in [-0.1, -0.05) is 12.1 Å². The molecule has 0 fully saturated rings. The van der Waals surface area contributed by atoms with E-state index in [-0.39, 0.29) is 31.0 Å². The number of benzene rings is 1. The van der Waals surface area contributed by atoms with Crippen LogP contribution in [0.5, 0.6) is 0 Å². The van der Waals surface area contributed by atoms with E-state index in [4.69, 9.17) is 5.11 Å². The molecular weight excluding hydrogens is 208 g/mol. The summed E-state index contributed by atoms with van der Waals surface area (Å²) in [5, 5.41) is 8.43. The van der Waals surface area contributed by atoms with Crippen LogP contribution in [-0.2, 0) is 6.18 Å². The summed E-state index contributed by atoms with van der Waals surface area (Å²) < 4.78 is 36.4. The predicted molar refractivity (Wildman–Crippen MR) is 39.5 cm³/mol. The smallest absolute Gasteiger partial charge is 1.00 e. The van der Waals surface area contributed by atoms with Gasteiger partial charge in [0.1, 0.15) is 0 Å². The number of carbonyl (C=O) groups is 1. The van der Waals surface area contributed by atoms with Crippen LogP contribution in [-0.4, -0.2) is 11.1 Å². The maximum absolute atomic E-state index is 12.1. The van der Waals surface area contributed by atoms with E-state index >= 15 is 0 Å². The van der Waals surface area contributed by atoms with Crippen LogP contribution < -0.4 is 29.6 Å². The van der Waals surface area contributed by atoms with Crippen LogP contribution in [0.15, 0.2) is 24.3 Å². The van der Waals surface area contributed by atoms with Gasteiger partial charge >= 0.3 is 41.7 Å². The summed E-state index contributed by atoms with van der Waals surface area (Å²) in [6, 6.07) is 4.06. The first-order valence-electron chi connectivity index (χ1n) is 3.32. The first-order valence-corrected chi connectivity index (χ1v) is 3.32. The van der Waals surface area contributed by atoms with E-state index in [0.29, 0.717) is 0 Å². The van der Waals surface area contributed by atoms with Gasteiger partial charge in [0.05, 0.1) is 11.1 Å². The van der Waals surface area contributed by atoms with Gasteiger partial charge in [-0.2, -0.15) is 13.2 Å². The van der Waals surface area contributed by atoms with Gasteiger partial charge in [0.15, 0.2) is 0 Å². The minimum atomic E-state index is -4.62. The minimum Gasteiger partial charge on any atom is -1.00 e. The van der Waals surface area contributed by atoms with Gasteiger partial charge in [0.25, 0.3) is 0 Å². The van der Waals surface area contributed by atoms with Gasteiger partial charge in [0.2, 0.25) is 0 Å². The average molecular weight is 214 g/mol. The summed E-state index contributed by atoms with van der Waals surface area (Å²) in [4.78, 5) is 10.4. The normalized spacial score (nSPS) is 10.5. The van der Waals surface area contributed by atoms with Crippen LogP contribution in [0.25, 0.3) is 0 Å². The summed E-state index contributed by atoms with van der Waals surface area (Å²) in [6.07, 6.45) is -4.62. The number of alkyl halides is 3. The molecule has 0 saturated carbocycles. The second-order valence-electron chi connectivity index (χ2n) is 2.35. The van der Waals surface area contributed by atoms with E-state index in [1.54, 1.807) is 0 Å². The molecule has 0 aliphatic rings. The molecule has 1 N–H and O–H groups in total. The Hall–Kier alpha value is -0.520. The molecule has 0 heterocycles. The van der Waals surface area contributed by atoms with Crippen molar-refractivity contribution in [2.24, 2.45) is 0 Å². The van der Waals surface area contributed by atoms with Gasteiger partial charge in [-0.15, -0.1) is 0 Å². The molecule has 0 aliphatic heterocycles. The molecule has 0 amide bonds. The molecule has 1 aromatic carbocycles. The summed E-state index contributed by atoms with van der Waals surface area (Å²) in [6.45, 7) is 0. The largest absolute Gasteiger partial charge is 1.00 e. The molecule has 0 aromatic heterocycles. The zero-order chi connectivity index (χ0) is 10.1. The molecule has 0 spiro atoms. The summed E-state index contributed by atoms with van der Waals surface area (Å²) in [5.41, 5.74) is -1.85. The van der Waals surface area contributed by atoms with Crippen molar-refractivity contribution >= 4 is 5.97 Å². The van der Waals surface area contributed by atoms with Crippen molar-refractivity contribution in [2.75, 3.05) is 0 Å². The summed E-state index contributed by atoms with van der Waals surface area (Å²) in [7, 11) is 0. The number of hydrogen-bond donors (Lipinski definition) is 1. The van der Waals surface area contributed by atoms with Gasteiger partial charge in [-0.25, -0.2) is 4.79 Å². The Balaban J connectivity index is 0. The maximum Gasteiger partial charge on any atom is 1.00 e. The van der Waals surface area contributed by atoms with Crippen LogP contribution in [0.2, 0.25) is 0 Å².